The van der Waals surface area contributed by atoms with Gasteiger partial charge in [0.25, 0.3) is 0 Å². The van der Waals surface area contributed by atoms with E-state index in [1.807, 2.05) is 0 Å². The number of allylic oxidation sites excluding steroid dienone is 3. The van der Waals surface area contributed by atoms with Crippen molar-refractivity contribution in [2.45, 2.75) is 40.7 Å². The zero-order chi connectivity index (χ0) is 11.8. The van der Waals surface area contributed by atoms with E-state index in [1.54, 1.807) is 7.11 Å². The van der Waals surface area contributed by atoms with Crippen molar-refractivity contribution < 1.29 is 4.74 Å². The van der Waals surface area contributed by atoms with Gasteiger partial charge in [0, 0.05) is 13.0 Å². The summed E-state index contributed by atoms with van der Waals surface area (Å²) in [4.78, 5) is 0. The second-order valence-electron chi connectivity index (χ2n) is 4.82. The van der Waals surface area contributed by atoms with E-state index in [1.165, 1.54) is 0 Å². The van der Waals surface area contributed by atoms with Crippen LogP contribution >= 0.6 is 0 Å². The monoisotopic (exact) mass is 210 g/mol. The lowest BCUT2D eigenvalue weighted by Crippen LogP contribution is -2.24. The van der Waals surface area contributed by atoms with Gasteiger partial charge in [0.15, 0.2) is 0 Å². The Bertz CT molecular complexity index is 201. The summed E-state index contributed by atoms with van der Waals surface area (Å²) in [6.07, 6.45) is 8.97. The lowest BCUT2D eigenvalue weighted by Gasteiger charge is -2.23. The highest BCUT2D eigenvalue weighted by atomic mass is 16.5. The molecule has 0 heterocycles. The third kappa shape index (κ3) is 6.51. The van der Waals surface area contributed by atoms with Crippen molar-refractivity contribution in [2.75, 3.05) is 7.11 Å². The van der Waals surface area contributed by atoms with E-state index in [0.717, 1.165) is 0 Å². The summed E-state index contributed by atoms with van der Waals surface area (Å²) in [6.45, 7) is 11.0. The Morgan fingerprint density at radius 1 is 0.867 bits per heavy atom. The summed E-state index contributed by atoms with van der Waals surface area (Å²) in [7, 11) is 1.79. The fourth-order valence-corrected chi connectivity index (χ4v) is 1.73. The molecule has 0 aliphatic heterocycles. The van der Waals surface area contributed by atoms with E-state index in [2.05, 4.69) is 58.9 Å². The minimum atomic E-state index is 0.314. The summed E-state index contributed by atoms with van der Waals surface area (Å²) in [5.74, 6) is 1.64. The molecule has 0 saturated heterocycles. The third-order valence-electron chi connectivity index (χ3n) is 2.47. The van der Waals surface area contributed by atoms with E-state index >= 15 is 0 Å². The van der Waals surface area contributed by atoms with Crippen LogP contribution in [0, 0.1) is 17.8 Å². The van der Waals surface area contributed by atoms with Gasteiger partial charge in [-0.2, -0.15) is 0 Å². The van der Waals surface area contributed by atoms with Gasteiger partial charge >= 0.3 is 0 Å². The molecular formula is C14H26O. The SMILES string of the molecule is CO[C@@H](C(C)C)[C@H](C)/C=C/C=C/C(C)C. The summed E-state index contributed by atoms with van der Waals surface area (Å²) >= 11 is 0. The molecule has 0 aliphatic rings. The molecule has 1 heteroatoms. The highest BCUT2D eigenvalue weighted by Gasteiger charge is 2.17. The molecule has 0 aliphatic carbocycles. The smallest absolute Gasteiger partial charge is 0.0654 e. The van der Waals surface area contributed by atoms with E-state index < -0.39 is 0 Å². The van der Waals surface area contributed by atoms with E-state index in [-0.39, 0.29) is 0 Å². The first kappa shape index (κ1) is 14.4. The molecule has 15 heavy (non-hydrogen) atoms. The minimum Gasteiger partial charge on any atom is -0.381 e. The van der Waals surface area contributed by atoms with Crippen molar-refractivity contribution in [3.05, 3.63) is 24.3 Å². The number of methoxy groups -OCH3 is 1. The zero-order valence-corrected chi connectivity index (χ0v) is 11.0. The Hall–Kier alpha value is -0.560. The van der Waals surface area contributed by atoms with Gasteiger partial charge in [-0.3, -0.25) is 0 Å². The molecule has 0 aromatic heterocycles. The van der Waals surface area contributed by atoms with Crippen LogP contribution in [0.5, 0.6) is 0 Å². The molecule has 0 unspecified atom stereocenters. The molecule has 1 nitrogen and oxygen atoms in total. The van der Waals surface area contributed by atoms with E-state index in [9.17, 15) is 0 Å². The van der Waals surface area contributed by atoms with Gasteiger partial charge in [0.05, 0.1) is 6.10 Å². The molecule has 0 rings (SSSR count). The topological polar surface area (TPSA) is 9.23 Å². The Labute approximate surface area is 95.2 Å². The van der Waals surface area contributed by atoms with E-state index in [0.29, 0.717) is 23.9 Å². The zero-order valence-electron chi connectivity index (χ0n) is 11.0. The standard InChI is InChI=1S/C14H26O/c1-11(2)9-7-8-10-13(5)14(15-6)12(3)4/h7-14H,1-6H3/b9-7+,10-8+/t13-,14+/m1/s1. The third-order valence-corrected chi connectivity index (χ3v) is 2.47. The molecule has 0 spiro atoms. The average Bonchev–Trinajstić information content (AvgIpc) is 2.12. The Morgan fingerprint density at radius 3 is 1.80 bits per heavy atom. The number of hydrogen-bond donors (Lipinski definition) is 0. The fourth-order valence-electron chi connectivity index (χ4n) is 1.73. The molecule has 0 N–H and O–H groups in total. The lowest BCUT2D eigenvalue weighted by molar-refractivity contribution is 0.0379. The molecule has 0 bridgehead atoms. The fraction of sp³-hybridized carbons (Fsp3) is 0.714. The van der Waals surface area contributed by atoms with Crippen LogP contribution in [0.4, 0.5) is 0 Å². The second kappa shape index (κ2) is 7.70. The lowest BCUT2D eigenvalue weighted by atomic mass is 9.94. The van der Waals surface area contributed by atoms with E-state index in [4.69, 9.17) is 4.74 Å². The van der Waals surface area contributed by atoms with Crippen LogP contribution in [0.1, 0.15) is 34.6 Å². The number of rotatable bonds is 6. The van der Waals surface area contributed by atoms with Crippen LogP contribution in [0.15, 0.2) is 24.3 Å². The van der Waals surface area contributed by atoms with Crippen molar-refractivity contribution >= 4 is 0 Å². The maximum Gasteiger partial charge on any atom is 0.0654 e. The van der Waals surface area contributed by atoms with Crippen molar-refractivity contribution in [1.29, 1.82) is 0 Å². The molecule has 0 aromatic carbocycles. The van der Waals surface area contributed by atoms with Crippen LogP contribution < -0.4 is 0 Å². The van der Waals surface area contributed by atoms with Crippen molar-refractivity contribution in [2.24, 2.45) is 17.8 Å². The van der Waals surface area contributed by atoms with Crippen LogP contribution in [-0.4, -0.2) is 13.2 Å². The average molecular weight is 210 g/mol. The largest absolute Gasteiger partial charge is 0.381 e. The van der Waals surface area contributed by atoms with Crippen LogP contribution in [-0.2, 0) is 4.74 Å². The quantitative estimate of drug-likeness (QED) is 0.601. The maximum atomic E-state index is 5.48. The van der Waals surface area contributed by atoms with Gasteiger partial charge in [-0.15, -0.1) is 0 Å². The Balaban J connectivity index is 4.15. The number of hydrogen-bond acceptors (Lipinski definition) is 1. The molecule has 0 radical (unpaired) electrons. The first-order chi connectivity index (χ1) is 6.99. The first-order valence-electron chi connectivity index (χ1n) is 5.86. The van der Waals surface area contributed by atoms with Gasteiger partial charge in [-0.05, 0) is 11.8 Å². The molecule has 88 valence electrons. The van der Waals surface area contributed by atoms with Crippen LogP contribution in [0.3, 0.4) is 0 Å². The molecule has 0 saturated carbocycles. The normalized spacial score (nSPS) is 17.1. The first-order valence-corrected chi connectivity index (χ1v) is 5.86. The molecule has 0 aromatic rings. The van der Waals surface area contributed by atoms with Crippen molar-refractivity contribution in [1.82, 2.24) is 0 Å². The highest BCUT2D eigenvalue weighted by molar-refractivity contribution is 5.05. The molecular weight excluding hydrogens is 184 g/mol. The van der Waals surface area contributed by atoms with Gasteiger partial charge in [0.2, 0.25) is 0 Å². The Morgan fingerprint density at radius 2 is 1.40 bits per heavy atom. The highest BCUT2D eigenvalue weighted by Crippen LogP contribution is 2.17. The molecule has 0 fully saturated rings. The van der Waals surface area contributed by atoms with Gasteiger partial charge in [0.1, 0.15) is 0 Å². The summed E-state index contributed by atoms with van der Waals surface area (Å²) in [5, 5.41) is 0. The predicted molar refractivity (Wildman–Crippen MR) is 67.9 cm³/mol. The predicted octanol–water partition coefficient (Wildman–Crippen LogP) is 4.06. The maximum absolute atomic E-state index is 5.48. The Kier molecular flexibility index (Phi) is 7.41. The van der Waals surface area contributed by atoms with Crippen LogP contribution in [0.2, 0.25) is 0 Å². The van der Waals surface area contributed by atoms with Gasteiger partial charge < -0.3 is 4.74 Å². The molecule has 0 amide bonds. The second-order valence-corrected chi connectivity index (χ2v) is 4.82. The van der Waals surface area contributed by atoms with Crippen molar-refractivity contribution in [3.8, 4) is 0 Å². The number of ether oxygens (including phenoxy) is 1. The van der Waals surface area contributed by atoms with Gasteiger partial charge in [-0.25, -0.2) is 0 Å². The van der Waals surface area contributed by atoms with Crippen LogP contribution in [0.25, 0.3) is 0 Å². The summed E-state index contributed by atoms with van der Waals surface area (Å²) in [5.41, 5.74) is 0. The summed E-state index contributed by atoms with van der Waals surface area (Å²) in [6, 6.07) is 0. The molecule has 2 atom stereocenters. The van der Waals surface area contributed by atoms with Crippen molar-refractivity contribution in [3.63, 3.8) is 0 Å². The van der Waals surface area contributed by atoms with Gasteiger partial charge in [-0.1, -0.05) is 58.9 Å². The minimum absolute atomic E-state index is 0.314. The summed E-state index contributed by atoms with van der Waals surface area (Å²) < 4.78 is 5.48.